The van der Waals surface area contributed by atoms with Crippen molar-refractivity contribution in [2.24, 2.45) is 0 Å². The van der Waals surface area contributed by atoms with E-state index in [9.17, 15) is 4.79 Å². The highest BCUT2D eigenvalue weighted by Gasteiger charge is 1.97. The van der Waals surface area contributed by atoms with Crippen LogP contribution in [0.25, 0.3) is 0 Å². The van der Waals surface area contributed by atoms with E-state index in [1.165, 1.54) is 6.42 Å². The zero-order valence-corrected chi connectivity index (χ0v) is 8.39. The number of carbonyl (C=O) groups excluding carboxylic acids is 1. The van der Waals surface area contributed by atoms with Crippen LogP contribution in [0.2, 0.25) is 0 Å². The van der Waals surface area contributed by atoms with Crippen LogP contribution in [0.3, 0.4) is 0 Å². The van der Waals surface area contributed by atoms with Crippen molar-refractivity contribution in [3.05, 3.63) is 0 Å². The first-order chi connectivity index (χ1) is 5.66. The molecule has 1 amide bonds. The van der Waals surface area contributed by atoms with Crippen LogP contribution in [-0.4, -0.2) is 38.5 Å². The van der Waals surface area contributed by atoms with Crippen molar-refractivity contribution in [3.8, 4) is 0 Å². The van der Waals surface area contributed by atoms with Gasteiger partial charge in [-0.2, -0.15) is 0 Å². The lowest BCUT2D eigenvalue weighted by Gasteiger charge is -2.08. The molecule has 0 aromatic rings. The van der Waals surface area contributed by atoms with Gasteiger partial charge >= 0.3 is 0 Å². The molecular formula is C9H20N2O. The van der Waals surface area contributed by atoms with Gasteiger partial charge in [0.1, 0.15) is 0 Å². The van der Waals surface area contributed by atoms with Gasteiger partial charge in [-0.1, -0.05) is 6.42 Å². The van der Waals surface area contributed by atoms with E-state index in [4.69, 9.17) is 0 Å². The molecule has 1 N–H and O–H groups in total. The zero-order chi connectivity index (χ0) is 9.40. The Morgan fingerprint density at radius 2 is 1.92 bits per heavy atom. The fourth-order valence-electron chi connectivity index (χ4n) is 1.02. The highest BCUT2D eigenvalue weighted by atomic mass is 16.1. The van der Waals surface area contributed by atoms with Gasteiger partial charge in [-0.25, -0.2) is 0 Å². The molecule has 0 unspecified atom stereocenters. The highest BCUT2D eigenvalue weighted by Crippen LogP contribution is 1.99. The van der Waals surface area contributed by atoms with Crippen molar-refractivity contribution in [2.45, 2.75) is 25.7 Å². The number of rotatable bonds is 6. The summed E-state index contributed by atoms with van der Waals surface area (Å²) in [4.78, 5) is 13.0. The summed E-state index contributed by atoms with van der Waals surface area (Å²) < 4.78 is 0. The van der Waals surface area contributed by atoms with Crippen LogP contribution in [0, 0.1) is 0 Å². The van der Waals surface area contributed by atoms with Crippen molar-refractivity contribution in [1.29, 1.82) is 0 Å². The van der Waals surface area contributed by atoms with Crippen LogP contribution in [0.15, 0.2) is 0 Å². The fourth-order valence-corrected chi connectivity index (χ4v) is 1.02. The summed E-state index contributed by atoms with van der Waals surface area (Å²) in [5.41, 5.74) is 0. The van der Waals surface area contributed by atoms with Gasteiger partial charge < -0.3 is 10.2 Å². The molecule has 12 heavy (non-hydrogen) atoms. The molecule has 0 bridgehead atoms. The van der Waals surface area contributed by atoms with Crippen LogP contribution >= 0.6 is 0 Å². The molecule has 0 fully saturated rings. The molecule has 72 valence electrons. The number of unbranched alkanes of at least 4 members (excludes halogenated alkanes) is 2. The standard InChI is InChI=1S/C9H20N2O/c1-10-9(12)7-5-4-6-8-11(2)3/h4-8H2,1-3H3,(H,10,12). The minimum absolute atomic E-state index is 0.153. The second-order valence-corrected chi connectivity index (χ2v) is 3.29. The minimum Gasteiger partial charge on any atom is -0.359 e. The van der Waals surface area contributed by atoms with Crippen LogP contribution in [-0.2, 0) is 4.79 Å². The smallest absolute Gasteiger partial charge is 0.219 e. The first kappa shape index (κ1) is 11.4. The molecular weight excluding hydrogens is 152 g/mol. The Kier molecular flexibility index (Phi) is 6.76. The maximum absolute atomic E-state index is 10.8. The fraction of sp³-hybridized carbons (Fsp3) is 0.889. The Bertz CT molecular complexity index is 124. The molecule has 0 aliphatic rings. The van der Waals surface area contributed by atoms with Gasteiger partial charge in [0.2, 0.25) is 5.91 Å². The Morgan fingerprint density at radius 1 is 1.25 bits per heavy atom. The van der Waals surface area contributed by atoms with Crippen LogP contribution in [0.1, 0.15) is 25.7 Å². The van der Waals surface area contributed by atoms with E-state index in [1.807, 2.05) is 0 Å². The minimum atomic E-state index is 0.153. The number of carbonyl (C=O) groups is 1. The molecule has 0 atom stereocenters. The Hall–Kier alpha value is -0.570. The lowest BCUT2D eigenvalue weighted by atomic mass is 10.2. The predicted octanol–water partition coefficient (Wildman–Crippen LogP) is 0.854. The summed E-state index contributed by atoms with van der Waals surface area (Å²) in [5.74, 6) is 0.153. The maximum atomic E-state index is 10.8. The first-order valence-corrected chi connectivity index (χ1v) is 4.52. The molecule has 3 heteroatoms. The zero-order valence-electron chi connectivity index (χ0n) is 8.39. The van der Waals surface area contributed by atoms with Gasteiger partial charge in [-0.15, -0.1) is 0 Å². The van der Waals surface area contributed by atoms with Gasteiger partial charge in [0.15, 0.2) is 0 Å². The Morgan fingerprint density at radius 3 is 2.42 bits per heavy atom. The Balaban J connectivity index is 3.05. The maximum Gasteiger partial charge on any atom is 0.219 e. The van der Waals surface area contributed by atoms with Gasteiger partial charge in [0, 0.05) is 13.5 Å². The van der Waals surface area contributed by atoms with Crippen LogP contribution in [0.4, 0.5) is 0 Å². The molecule has 0 aliphatic carbocycles. The summed E-state index contributed by atoms with van der Waals surface area (Å²) in [7, 11) is 5.82. The number of amides is 1. The van der Waals surface area contributed by atoms with Crippen molar-refractivity contribution in [1.82, 2.24) is 10.2 Å². The SMILES string of the molecule is CNC(=O)CCCCCN(C)C. The van der Waals surface area contributed by atoms with Gasteiger partial charge in [-0.05, 0) is 33.5 Å². The molecule has 0 saturated heterocycles. The summed E-state index contributed by atoms with van der Waals surface area (Å²) >= 11 is 0. The molecule has 0 aromatic carbocycles. The van der Waals surface area contributed by atoms with E-state index < -0.39 is 0 Å². The number of hydrogen-bond acceptors (Lipinski definition) is 2. The second kappa shape index (κ2) is 7.10. The molecule has 0 spiro atoms. The number of nitrogens with zero attached hydrogens (tertiary/aromatic N) is 1. The van der Waals surface area contributed by atoms with Crippen LogP contribution < -0.4 is 5.32 Å². The third-order valence-electron chi connectivity index (χ3n) is 1.79. The lowest BCUT2D eigenvalue weighted by Crippen LogP contribution is -2.17. The van der Waals surface area contributed by atoms with E-state index in [1.54, 1.807) is 7.05 Å². The normalized spacial score (nSPS) is 10.3. The second-order valence-electron chi connectivity index (χ2n) is 3.29. The summed E-state index contributed by atoms with van der Waals surface area (Å²) in [6.45, 7) is 1.12. The lowest BCUT2D eigenvalue weighted by molar-refractivity contribution is -0.120. The topological polar surface area (TPSA) is 32.3 Å². The van der Waals surface area contributed by atoms with Crippen molar-refractivity contribution >= 4 is 5.91 Å². The van der Waals surface area contributed by atoms with Gasteiger partial charge in [-0.3, -0.25) is 4.79 Å². The summed E-state index contributed by atoms with van der Waals surface area (Å²) in [5, 5.41) is 2.62. The van der Waals surface area contributed by atoms with Gasteiger partial charge in [0.25, 0.3) is 0 Å². The van der Waals surface area contributed by atoms with E-state index >= 15 is 0 Å². The molecule has 0 aromatic heterocycles. The quantitative estimate of drug-likeness (QED) is 0.603. The van der Waals surface area contributed by atoms with E-state index in [0.717, 1.165) is 19.4 Å². The largest absolute Gasteiger partial charge is 0.359 e. The first-order valence-electron chi connectivity index (χ1n) is 4.52. The van der Waals surface area contributed by atoms with E-state index in [2.05, 4.69) is 24.3 Å². The molecule has 3 nitrogen and oxygen atoms in total. The van der Waals surface area contributed by atoms with E-state index in [0.29, 0.717) is 6.42 Å². The number of nitrogens with one attached hydrogen (secondary N) is 1. The average molecular weight is 172 g/mol. The molecule has 0 heterocycles. The Labute approximate surface area is 75.1 Å². The van der Waals surface area contributed by atoms with Crippen LogP contribution in [0.5, 0.6) is 0 Å². The highest BCUT2D eigenvalue weighted by molar-refractivity contribution is 5.75. The molecule has 0 radical (unpaired) electrons. The monoisotopic (exact) mass is 172 g/mol. The number of hydrogen-bond donors (Lipinski definition) is 1. The van der Waals surface area contributed by atoms with Crippen molar-refractivity contribution < 1.29 is 4.79 Å². The van der Waals surface area contributed by atoms with E-state index in [-0.39, 0.29) is 5.91 Å². The summed E-state index contributed by atoms with van der Waals surface area (Å²) in [6, 6.07) is 0. The predicted molar refractivity (Wildman–Crippen MR) is 51.1 cm³/mol. The summed E-state index contributed by atoms with van der Waals surface area (Å²) in [6.07, 6.45) is 4.01. The van der Waals surface area contributed by atoms with Crippen molar-refractivity contribution in [2.75, 3.05) is 27.7 Å². The third kappa shape index (κ3) is 7.54. The molecule has 0 rings (SSSR count). The molecule has 0 saturated carbocycles. The average Bonchev–Trinajstić information content (AvgIpc) is 2.03. The molecule has 0 aliphatic heterocycles. The third-order valence-corrected chi connectivity index (χ3v) is 1.79. The van der Waals surface area contributed by atoms with Crippen molar-refractivity contribution in [3.63, 3.8) is 0 Å². The van der Waals surface area contributed by atoms with Gasteiger partial charge in [0.05, 0.1) is 0 Å².